The minimum absolute atomic E-state index is 0.145. The summed E-state index contributed by atoms with van der Waals surface area (Å²) in [5.74, 6) is 1.37. The van der Waals surface area contributed by atoms with Gasteiger partial charge < -0.3 is 4.90 Å². The first-order chi connectivity index (χ1) is 7.14. The highest BCUT2D eigenvalue weighted by atomic mass is 32.2. The van der Waals surface area contributed by atoms with Crippen molar-refractivity contribution in [2.75, 3.05) is 12.0 Å². The van der Waals surface area contributed by atoms with Gasteiger partial charge in [0.1, 0.15) is 0 Å². The van der Waals surface area contributed by atoms with Gasteiger partial charge in [0, 0.05) is 11.8 Å². The van der Waals surface area contributed by atoms with Crippen molar-refractivity contribution in [1.82, 2.24) is 10.2 Å². The number of amides is 1. The smallest absolute Gasteiger partial charge is 0.244 e. The summed E-state index contributed by atoms with van der Waals surface area (Å²) in [6.07, 6.45) is 5.43. The van der Waals surface area contributed by atoms with Gasteiger partial charge in [-0.2, -0.15) is 11.8 Å². The highest BCUT2D eigenvalue weighted by Crippen LogP contribution is 2.43. The van der Waals surface area contributed by atoms with Crippen LogP contribution in [0.4, 0.5) is 0 Å². The van der Waals surface area contributed by atoms with Crippen LogP contribution in [0.5, 0.6) is 0 Å². The molecule has 1 saturated carbocycles. The molecule has 4 heteroatoms. The number of nitrogens with one attached hydrogen (secondary N) is 1. The molecule has 0 aromatic heterocycles. The van der Waals surface area contributed by atoms with Crippen LogP contribution in [0.1, 0.15) is 33.1 Å². The van der Waals surface area contributed by atoms with Crippen LogP contribution in [0.3, 0.4) is 0 Å². The van der Waals surface area contributed by atoms with E-state index in [-0.39, 0.29) is 11.7 Å². The first kappa shape index (κ1) is 11.3. The van der Waals surface area contributed by atoms with Crippen molar-refractivity contribution < 1.29 is 4.79 Å². The van der Waals surface area contributed by atoms with E-state index in [1.54, 1.807) is 0 Å². The zero-order chi connectivity index (χ0) is 11.1. The van der Waals surface area contributed by atoms with Crippen molar-refractivity contribution in [2.24, 2.45) is 0 Å². The summed E-state index contributed by atoms with van der Waals surface area (Å²) in [7, 11) is 0. The van der Waals surface area contributed by atoms with E-state index in [1.165, 1.54) is 0 Å². The Hall–Kier alpha value is -0.220. The Kier molecular flexibility index (Phi) is 2.99. The quantitative estimate of drug-likeness (QED) is 0.790. The summed E-state index contributed by atoms with van der Waals surface area (Å²) >= 11 is 1.81. The summed E-state index contributed by atoms with van der Waals surface area (Å²) in [6, 6.07) is 0.352. The number of hydrogen-bond donors (Lipinski definition) is 1. The predicted molar refractivity (Wildman–Crippen MR) is 63.9 cm³/mol. The lowest BCUT2D eigenvalue weighted by Gasteiger charge is -2.29. The van der Waals surface area contributed by atoms with E-state index in [0.717, 1.165) is 25.0 Å². The molecule has 2 atom stereocenters. The Morgan fingerprint density at radius 1 is 1.67 bits per heavy atom. The molecule has 0 aromatic carbocycles. The monoisotopic (exact) mass is 228 g/mol. The van der Waals surface area contributed by atoms with Crippen molar-refractivity contribution in [2.45, 2.75) is 50.9 Å². The predicted octanol–water partition coefficient (Wildman–Crippen LogP) is 1.44. The summed E-state index contributed by atoms with van der Waals surface area (Å²) in [5.41, 5.74) is -0.145. The molecule has 1 aliphatic heterocycles. The molecular weight excluding hydrogens is 208 g/mol. The SMILES string of the molecule is CCC1NC2(CC2)C(=O)N1C(C)CSC. The van der Waals surface area contributed by atoms with Gasteiger partial charge in [0.15, 0.2) is 0 Å². The maximum Gasteiger partial charge on any atom is 0.244 e. The molecule has 2 aliphatic rings. The maximum atomic E-state index is 12.2. The number of carbonyl (C=O) groups excluding carboxylic acids is 1. The first-order valence-electron chi connectivity index (χ1n) is 5.74. The Labute approximate surface area is 96.0 Å². The summed E-state index contributed by atoms with van der Waals surface area (Å²) < 4.78 is 0. The minimum Gasteiger partial charge on any atom is -0.322 e. The van der Waals surface area contributed by atoms with E-state index >= 15 is 0 Å². The maximum absolute atomic E-state index is 12.2. The van der Waals surface area contributed by atoms with E-state index in [0.29, 0.717) is 11.9 Å². The molecule has 15 heavy (non-hydrogen) atoms. The van der Waals surface area contributed by atoms with Crippen LogP contribution < -0.4 is 5.32 Å². The highest BCUT2D eigenvalue weighted by molar-refractivity contribution is 7.98. The molecule has 1 amide bonds. The molecule has 0 aromatic rings. The number of carbonyl (C=O) groups is 1. The van der Waals surface area contributed by atoms with Crippen molar-refractivity contribution in [3.05, 3.63) is 0 Å². The Balaban J connectivity index is 2.10. The molecule has 0 radical (unpaired) electrons. The van der Waals surface area contributed by atoms with E-state index in [9.17, 15) is 4.79 Å². The largest absolute Gasteiger partial charge is 0.322 e. The number of rotatable bonds is 4. The molecule has 3 nitrogen and oxygen atoms in total. The Morgan fingerprint density at radius 3 is 2.80 bits per heavy atom. The summed E-state index contributed by atoms with van der Waals surface area (Å²) in [4.78, 5) is 14.3. The van der Waals surface area contributed by atoms with Crippen molar-refractivity contribution in [1.29, 1.82) is 0 Å². The molecule has 0 bridgehead atoms. The molecule has 1 saturated heterocycles. The van der Waals surface area contributed by atoms with Crippen LogP contribution in [-0.4, -0.2) is 40.6 Å². The second-order valence-electron chi connectivity index (χ2n) is 4.67. The van der Waals surface area contributed by atoms with Crippen LogP contribution in [0.25, 0.3) is 0 Å². The van der Waals surface area contributed by atoms with Crippen molar-refractivity contribution in [3.8, 4) is 0 Å². The van der Waals surface area contributed by atoms with E-state index < -0.39 is 0 Å². The summed E-state index contributed by atoms with van der Waals surface area (Å²) in [6.45, 7) is 4.30. The van der Waals surface area contributed by atoms with Gasteiger partial charge in [-0.05, 0) is 32.4 Å². The van der Waals surface area contributed by atoms with Crippen LogP contribution in [-0.2, 0) is 4.79 Å². The number of hydrogen-bond acceptors (Lipinski definition) is 3. The molecule has 1 spiro atoms. The topological polar surface area (TPSA) is 32.3 Å². The van der Waals surface area contributed by atoms with Gasteiger partial charge in [0.05, 0.1) is 11.7 Å². The fraction of sp³-hybridized carbons (Fsp3) is 0.909. The normalized spacial score (nSPS) is 29.9. The third kappa shape index (κ3) is 1.78. The molecule has 1 aliphatic carbocycles. The number of nitrogens with zero attached hydrogens (tertiary/aromatic N) is 1. The van der Waals surface area contributed by atoms with E-state index in [4.69, 9.17) is 0 Å². The van der Waals surface area contributed by atoms with Crippen LogP contribution in [0.15, 0.2) is 0 Å². The second-order valence-corrected chi connectivity index (χ2v) is 5.58. The van der Waals surface area contributed by atoms with Crippen LogP contribution in [0.2, 0.25) is 0 Å². The minimum atomic E-state index is -0.145. The van der Waals surface area contributed by atoms with Gasteiger partial charge >= 0.3 is 0 Å². The average Bonchev–Trinajstić information content (AvgIpc) is 2.91. The lowest BCUT2D eigenvalue weighted by atomic mass is 10.2. The van der Waals surface area contributed by atoms with Crippen molar-refractivity contribution in [3.63, 3.8) is 0 Å². The molecular formula is C11H20N2OS. The third-order valence-corrected chi connectivity index (χ3v) is 4.26. The average molecular weight is 228 g/mol. The van der Waals surface area contributed by atoms with Crippen LogP contribution in [0, 0.1) is 0 Å². The lowest BCUT2D eigenvalue weighted by molar-refractivity contribution is -0.132. The fourth-order valence-corrected chi connectivity index (χ4v) is 3.09. The lowest BCUT2D eigenvalue weighted by Crippen LogP contribution is -2.44. The Morgan fingerprint density at radius 2 is 2.33 bits per heavy atom. The zero-order valence-corrected chi connectivity index (χ0v) is 10.6. The molecule has 1 heterocycles. The van der Waals surface area contributed by atoms with E-state index in [2.05, 4.69) is 30.3 Å². The molecule has 2 fully saturated rings. The molecule has 2 rings (SSSR count). The first-order valence-corrected chi connectivity index (χ1v) is 7.13. The number of thioether (sulfide) groups is 1. The van der Waals surface area contributed by atoms with Gasteiger partial charge in [-0.1, -0.05) is 6.92 Å². The third-order valence-electron chi connectivity index (χ3n) is 3.44. The molecule has 86 valence electrons. The highest BCUT2D eigenvalue weighted by Gasteiger charge is 2.59. The summed E-state index contributed by atoms with van der Waals surface area (Å²) in [5, 5.41) is 3.50. The van der Waals surface area contributed by atoms with Gasteiger partial charge in [0.25, 0.3) is 0 Å². The van der Waals surface area contributed by atoms with Gasteiger partial charge in [0.2, 0.25) is 5.91 Å². The van der Waals surface area contributed by atoms with Crippen molar-refractivity contribution >= 4 is 17.7 Å². The Bertz CT molecular complexity index is 265. The zero-order valence-electron chi connectivity index (χ0n) is 9.75. The van der Waals surface area contributed by atoms with E-state index in [1.807, 2.05) is 11.8 Å². The second kappa shape index (κ2) is 3.98. The van der Waals surface area contributed by atoms with Gasteiger partial charge in [-0.25, -0.2) is 0 Å². The molecule has 2 unspecified atom stereocenters. The van der Waals surface area contributed by atoms with Crippen LogP contribution >= 0.6 is 11.8 Å². The van der Waals surface area contributed by atoms with Gasteiger partial charge in [-0.3, -0.25) is 10.1 Å². The fourth-order valence-electron chi connectivity index (χ4n) is 2.45. The standard InChI is InChI=1S/C11H20N2OS/c1-4-9-12-11(5-6-11)10(14)13(9)8(2)7-15-3/h8-9,12H,4-7H2,1-3H3. The molecule has 1 N–H and O–H groups in total. The van der Waals surface area contributed by atoms with Gasteiger partial charge in [-0.15, -0.1) is 0 Å².